The predicted octanol–water partition coefficient (Wildman–Crippen LogP) is 1.61. The summed E-state index contributed by atoms with van der Waals surface area (Å²) in [6.45, 7) is 6.93. The van der Waals surface area contributed by atoms with Gasteiger partial charge in [-0.1, -0.05) is 37.3 Å². The lowest BCUT2D eigenvalue weighted by atomic mass is 10.0. The first-order chi connectivity index (χ1) is 8.07. The minimum Gasteiger partial charge on any atom is -0.394 e. The fourth-order valence-electron chi connectivity index (χ4n) is 1.68. The van der Waals surface area contributed by atoms with Gasteiger partial charge >= 0.3 is 0 Å². The predicted molar refractivity (Wildman–Crippen MR) is 71.7 cm³/mol. The molecule has 1 rings (SSSR count). The van der Waals surface area contributed by atoms with Gasteiger partial charge in [-0.3, -0.25) is 4.90 Å². The third-order valence-electron chi connectivity index (χ3n) is 3.06. The number of nitrogens with zero attached hydrogens (tertiary/aromatic N) is 1. The summed E-state index contributed by atoms with van der Waals surface area (Å²) in [7, 11) is 0. The number of aliphatic hydroxyl groups is 1. The van der Waals surface area contributed by atoms with E-state index in [1.807, 2.05) is 13.0 Å². The second kappa shape index (κ2) is 6.74. The monoisotopic (exact) mass is 236 g/mol. The first-order valence-electron chi connectivity index (χ1n) is 6.23. The molecule has 1 aromatic rings. The molecule has 0 bridgehead atoms. The molecule has 17 heavy (non-hydrogen) atoms. The maximum atomic E-state index is 9.13. The van der Waals surface area contributed by atoms with E-state index in [-0.39, 0.29) is 6.61 Å². The first kappa shape index (κ1) is 14.2. The van der Waals surface area contributed by atoms with Crippen molar-refractivity contribution in [2.45, 2.75) is 32.4 Å². The molecule has 0 saturated heterocycles. The zero-order valence-corrected chi connectivity index (χ0v) is 10.9. The molecule has 0 aromatic heterocycles. The molecule has 0 amide bonds. The van der Waals surface area contributed by atoms with E-state index in [0.29, 0.717) is 0 Å². The minimum atomic E-state index is -0.468. The summed E-state index contributed by atoms with van der Waals surface area (Å²) in [6, 6.07) is 10.4. The molecule has 0 saturated carbocycles. The average molecular weight is 236 g/mol. The van der Waals surface area contributed by atoms with Gasteiger partial charge in [-0.15, -0.1) is 0 Å². The minimum absolute atomic E-state index is 0.0376. The summed E-state index contributed by atoms with van der Waals surface area (Å²) in [5.41, 5.74) is 6.78. The van der Waals surface area contributed by atoms with Gasteiger partial charge in [0.25, 0.3) is 0 Å². The fourth-order valence-corrected chi connectivity index (χ4v) is 1.68. The quantitative estimate of drug-likeness (QED) is 0.756. The molecule has 1 atom stereocenters. The summed E-state index contributed by atoms with van der Waals surface area (Å²) >= 11 is 0. The number of hydrogen-bond acceptors (Lipinski definition) is 3. The number of nitrogens with two attached hydrogens (primary N) is 1. The SMILES string of the molecule is CCN(CCC(C)(N)CO)Cc1ccccc1. The van der Waals surface area contributed by atoms with Gasteiger partial charge in [0.05, 0.1) is 6.61 Å². The van der Waals surface area contributed by atoms with Gasteiger partial charge in [0.1, 0.15) is 0 Å². The van der Waals surface area contributed by atoms with Gasteiger partial charge in [0, 0.05) is 18.6 Å². The van der Waals surface area contributed by atoms with Crippen molar-refractivity contribution < 1.29 is 5.11 Å². The van der Waals surface area contributed by atoms with Gasteiger partial charge in [0.15, 0.2) is 0 Å². The Hall–Kier alpha value is -0.900. The van der Waals surface area contributed by atoms with E-state index in [1.54, 1.807) is 0 Å². The van der Waals surface area contributed by atoms with Crippen LogP contribution in [0.3, 0.4) is 0 Å². The van der Waals surface area contributed by atoms with Gasteiger partial charge < -0.3 is 10.8 Å². The Labute approximate surface area is 104 Å². The third kappa shape index (κ3) is 5.31. The van der Waals surface area contributed by atoms with Crippen LogP contribution in [0.4, 0.5) is 0 Å². The van der Waals surface area contributed by atoms with Crippen molar-refractivity contribution in [3.05, 3.63) is 35.9 Å². The average Bonchev–Trinajstić information content (AvgIpc) is 2.35. The van der Waals surface area contributed by atoms with Crippen molar-refractivity contribution in [3.8, 4) is 0 Å². The molecule has 0 aliphatic rings. The lowest BCUT2D eigenvalue weighted by Crippen LogP contribution is -2.43. The third-order valence-corrected chi connectivity index (χ3v) is 3.06. The smallest absolute Gasteiger partial charge is 0.0608 e. The van der Waals surface area contributed by atoms with Crippen molar-refractivity contribution in [3.63, 3.8) is 0 Å². The fraction of sp³-hybridized carbons (Fsp3) is 0.571. The largest absolute Gasteiger partial charge is 0.394 e. The normalized spacial score (nSPS) is 14.9. The summed E-state index contributed by atoms with van der Waals surface area (Å²) < 4.78 is 0. The van der Waals surface area contributed by atoms with Crippen molar-refractivity contribution >= 4 is 0 Å². The summed E-state index contributed by atoms with van der Waals surface area (Å²) in [5, 5.41) is 9.13. The van der Waals surface area contributed by atoms with E-state index >= 15 is 0 Å². The first-order valence-corrected chi connectivity index (χ1v) is 6.23. The topological polar surface area (TPSA) is 49.5 Å². The highest BCUT2D eigenvalue weighted by molar-refractivity contribution is 5.14. The Balaban J connectivity index is 2.44. The molecule has 0 spiro atoms. The molecule has 1 aromatic carbocycles. The second-order valence-electron chi connectivity index (χ2n) is 4.92. The highest BCUT2D eigenvalue weighted by Gasteiger charge is 2.17. The maximum absolute atomic E-state index is 9.13. The van der Waals surface area contributed by atoms with Crippen LogP contribution in [0.1, 0.15) is 25.8 Å². The van der Waals surface area contributed by atoms with E-state index in [4.69, 9.17) is 10.8 Å². The zero-order valence-electron chi connectivity index (χ0n) is 10.9. The van der Waals surface area contributed by atoms with Crippen LogP contribution in [0.5, 0.6) is 0 Å². The second-order valence-corrected chi connectivity index (χ2v) is 4.92. The Morgan fingerprint density at radius 1 is 1.29 bits per heavy atom. The lowest BCUT2D eigenvalue weighted by molar-refractivity contribution is 0.174. The van der Waals surface area contributed by atoms with Crippen LogP contribution in [0.2, 0.25) is 0 Å². The van der Waals surface area contributed by atoms with E-state index in [1.165, 1.54) is 5.56 Å². The van der Waals surface area contributed by atoms with Crippen molar-refractivity contribution in [2.24, 2.45) is 5.73 Å². The highest BCUT2D eigenvalue weighted by Crippen LogP contribution is 2.09. The van der Waals surface area contributed by atoms with Crippen LogP contribution in [0, 0.1) is 0 Å². The summed E-state index contributed by atoms with van der Waals surface area (Å²) in [5.74, 6) is 0. The van der Waals surface area contributed by atoms with Gasteiger partial charge in [0.2, 0.25) is 0 Å². The van der Waals surface area contributed by atoms with Crippen molar-refractivity contribution in [1.29, 1.82) is 0 Å². The Kier molecular flexibility index (Phi) is 5.62. The van der Waals surface area contributed by atoms with Crippen LogP contribution < -0.4 is 5.73 Å². The molecule has 3 N–H and O–H groups in total. The molecular weight excluding hydrogens is 212 g/mol. The molecule has 3 heteroatoms. The van der Waals surface area contributed by atoms with Crippen LogP contribution >= 0.6 is 0 Å². The molecule has 0 radical (unpaired) electrons. The maximum Gasteiger partial charge on any atom is 0.0608 e. The zero-order chi connectivity index (χ0) is 12.7. The Morgan fingerprint density at radius 2 is 1.94 bits per heavy atom. The van der Waals surface area contributed by atoms with Gasteiger partial charge in [-0.05, 0) is 25.5 Å². The number of aliphatic hydroxyl groups excluding tert-OH is 1. The molecule has 0 heterocycles. The van der Waals surface area contributed by atoms with E-state index < -0.39 is 5.54 Å². The Morgan fingerprint density at radius 3 is 2.47 bits per heavy atom. The van der Waals surface area contributed by atoms with Gasteiger partial charge in [-0.25, -0.2) is 0 Å². The molecular formula is C14H24N2O. The number of hydrogen-bond donors (Lipinski definition) is 2. The number of benzene rings is 1. The van der Waals surface area contributed by atoms with Crippen LogP contribution in [0.25, 0.3) is 0 Å². The van der Waals surface area contributed by atoms with Crippen molar-refractivity contribution in [2.75, 3.05) is 19.7 Å². The summed E-state index contributed by atoms with van der Waals surface area (Å²) in [6.07, 6.45) is 0.810. The standard InChI is InChI=1S/C14H24N2O/c1-3-16(10-9-14(2,15)12-17)11-13-7-5-4-6-8-13/h4-8,17H,3,9-12,15H2,1-2H3. The van der Waals surface area contributed by atoms with E-state index in [0.717, 1.165) is 26.1 Å². The van der Waals surface area contributed by atoms with Crippen LogP contribution in [-0.2, 0) is 6.54 Å². The molecule has 1 unspecified atom stereocenters. The molecule has 0 fully saturated rings. The summed E-state index contributed by atoms with van der Waals surface area (Å²) in [4.78, 5) is 2.34. The Bertz CT molecular complexity index is 311. The molecule has 3 nitrogen and oxygen atoms in total. The van der Waals surface area contributed by atoms with Gasteiger partial charge in [-0.2, -0.15) is 0 Å². The highest BCUT2D eigenvalue weighted by atomic mass is 16.3. The van der Waals surface area contributed by atoms with E-state index in [9.17, 15) is 0 Å². The molecule has 0 aliphatic carbocycles. The van der Waals surface area contributed by atoms with Crippen LogP contribution in [0.15, 0.2) is 30.3 Å². The van der Waals surface area contributed by atoms with Crippen molar-refractivity contribution in [1.82, 2.24) is 4.90 Å². The molecule has 96 valence electrons. The molecule has 0 aliphatic heterocycles. The van der Waals surface area contributed by atoms with E-state index in [2.05, 4.69) is 36.1 Å². The van der Waals surface area contributed by atoms with Crippen LogP contribution in [-0.4, -0.2) is 35.2 Å². The number of rotatable bonds is 7. The lowest BCUT2D eigenvalue weighted by Gasteiger charge is -2.27.